The lowest BCUT2D eigenvalue weighted by Crippen LogP contribution is -2.02. The van der Waals surface area contributed by atoms with Crippen LogP contribution in [0.2, 0.25) is 0 Å². The highest BCUT2D eigenvalue weighted by Crippen LogP contribution is 2.19. The summed E-state index contributed by atoms with van der Waals surface area (Å²) in [6.45, 7) is 2.27. The van der Waals surface area contributed by atoms with Crippen LogP contribution in [0.25, 0.3) is 0 Å². The number of benzene rings is 1. The van der Waals surface area contributed by atoms with Gasteiger partial charge >= 0.3 is 0 Å². The lowest BCUT2D eigenvalue weighted by atomic mass is 10.0. The maximum Gasteiger partial charge on any atom is 0.0186 e. The molecule has 0 heterocycles. The van der Waals surface area contributed by atoms with Crippen molar-refractivity contribution in [1.82, 2.24) is 0 Å². The first-order chi connectivity index (χ1) is 8.72. The van der Waals surface area contributed by atoms with E-state index in [0.717, 1.165) is 6.42 Å². The van der Waals surface area contributed by atoms with Gasteiger partial charge in [-0.3, -0.25) is 0 Å². The van der Waals surface area contributed by atoms with Crippen LogP contribution in [0.15, 0.2) is 28.7 Å². The van der Waals surface area contributed by atoms with Gasteiger partial charge in [-0.2, -0.15) is 0 Å². The van der Waals surface area contributed by atoms with Crippen LogP contribution < -0.4 is 0 Å². The van der Waals surface area contributed by atoms with Crippen molar-refractivity contribution in [3.8, 4) is 0 Å². The molecule has 0 bridgehead atoms. The number of unbranched alkanes of at least 4 members (excludes halogenated alkanes) is 5. The van der Waals surface area contributed by atoms with E-state index in [4.69, 9.17) is 0 Å². The zero-order valence-electron chi connectivity index (χ0n) is 11.3. The van der Waals surface area contributed by atoms with Crippen molar-refractivity contribution in [3.05, 3.63) is 34.3 Å². The average molecular weight is 376 g/mol. The van der Waals surface area contributed by atoms with E-state index in [-0.39, 0.29) is 0 Å². The quantitative estimate of drug-likeness (QED) is 0.341. The first-order valence-electron chi connectivity index (χ1n) is 7.11. The van der Waals surface area contributed by atoms with Crippen LogP contribution in [-0.2, 0) is 6.42 Å². The molecular formula is C16H24Br2. The molecule has 0 aliphatic rings. The summed E-state index contributed by atoms with van der Waals surface area (Å²) in [7, 11) is 0. The molecule has 0 aromatic heterocycles. The summed E-state index contributed by atoms with van der Waals surface area (Å²) in [5.41, 5.74) is 1.41. The van der Waals surface area contributed by atoms with E-state index in [1.165, 1.54) is 55.0 Å². The van der Waals surface area contributed by atoms with Crippen molar-refractivity contribution in [2.24, 2.45) is 0 Å². The maximum absolute atomic E-state index is 3.81. The van der Waals surface area contributed by atoms with Crippen LogP contribution in [0.1, 0.15) is 57.4 Å². The van der Waals surface area contributed by atoms with Gasteiger partial charge in [0, 0.05) is 9.30 Å². The van der Waals surface area contributed by atoms with E-state index < -0.39 is 0 Å². The molecule has 102 valence electrons. The summed E-state index contributed by atoms with van der Waals surface area (Å²) in [5, 5.41) is 0. The lowest BCUT2D eigenvalue weighted by molar-refractivity contribution is 0.583. The zero-order chi connectivity index (χ0) is 13.2. The molecule has 0 radical (unpaired) electrons. The molecule has 1 atom stereocenters. The Morgan fingerprint density at radius 3 is 2.50 bits per heavy atom. The van der Waals surface area contributed by atoms with Gasteiger partial charge in [0.25, 0.3) is 0 Å². The maximum atomic E-state index is 3.81. The van der Waals surface area contributed by atoms with Crippen LogP contribution in [0.3, 0.4) is 0 Å². The van der Waals surface area contributed by atoms with Gasteiger partial charge in [0.2, 0.25) is 0 Å². The van der Waals surface area contributed by atoms with E-state index in [0.29, 0.717) is 4.83 Å². The smallest absolute Gasteiger partial charge is 0.0186 e. The standard InChI is InChI=1S/C16H24Br2/c1-2-3-4-5-6-7-10-15(17)12-14-9-8-11-16(18)13-14/h8-9,11,13,15H,2-7,10,12H2,1H3. The Kier molecular flexibility index (Phi) is 9.04. The Balaban J connectivity index is 2.12. The number of halogens is 2. The summed E-state index contributed by atoms with van der Waals surface area (Å²) < 4.78 is 1.18. The van der Waals surface area contributed by atoms with E-state index in [2.05, 4.69) is 63.0 Å². The summed E-state index contributed by atoms with van der Waals surface area (Å²) in [5.74, 6) is 0. The predicted molar refractivity (Wildman–Crippen MR) is 88.6 cm³/mol. The monoisotopic (exact) mass is 374 g/mol. The van der Waals surface area contributed by atoms with Crippen molar-refractivity contribution in [3.63, 3.8) is 0 Å². The van der Waals surface area contributed by atoms with Gasteiger partial charge in [0.15, 0.2) is 0 Å². The molecule has 0 amide bonds. The van der Waals surface area contributed by atoms with Gasteiger partial charge in [-0.05, 0) is 30.5 Å². The Morgan fingerprint density at radius 2 is 1.78 bits per heavy atom. The minimum absolute atomic E-state index is 0.623. The van der Waals surface area contributed by atoms with Crippen LogP contribution in [-0.4, -0.2) is 4.83 Å². The fourth-order valence-corrected chi connectivity index (χ4v) is 3.31. The van der Waals surface area contributed by atoms with Crippen molar-refractivity contribution in [1.29, 1.82) is 0 Å². The van der Waals surface area contributed by atoms with Crippen molar-refractivity contribution in [2.75, 3.05) is 0 Å². The van der Waals surface area contributed by atoms with Crippen LogP contribution in [0.4, 0.5) is 0 Å². The van der Waals surface area contributed by atoms with E-state index >= 15 is 0 Å². The molecule has 0 aliphatic carbocycles. The Labute approximate surface area is 129 Å². The van der Waals surface area contributed by atoms with Crippen molar-refractivity contribution < 1.29 is 0 Å². The third-order valence-corrected chi connectivity index (χ3v) is 4.49. The van der Waals surface area contributed by atoms with E-state index in [1.54, 1.807) is 0 Å². The summed E-state index contributed by atoms with van der Waals surface area (Å²) in [6.07, 6.45) is 10.7. The fraction of sp³-hybridized carbons (Fsp3) is 0.625. The number of alkyl halides is 1. The number of hydrogen-bond acceptors (Lipinski definition) is 0. The Hall–Kier alpha value is 0.180. The van der Waals surface area contributed by atoms with Crippen LogP contribution >= 0.6 is 31.9 Å². The predicted octanol–water partition coefficient (Wildman–Crippen LogP) is 6.51. The van der Waals surface area contributed by atoms with Gasteiger partial charge in [-0.25, -0.2) is 0 Å². The largest absolute Gasteiger partial charge is 0.0887 e. The molecule has 0 nitrogen and oxygen atoms in total. The molecule has 0 saturated heterocycles. The molecular weight excluding hydrogens is 352 g/mol. The SMILES string of the molecule is CCCCCCCCC(Br)Cc1cccc(Br)c1. The summed E-state index contributed by atoms with van der Waals surface area (Å²) in [6, 6.07) is 8.63. The van der Waals surface area contributed by atoms with Gasteiger partial charge in [0.1, 0.15) is 0 Å². The van der Waals surface area contributed by atoms with Crippen molar-refractivity contribution >= 4 is 31.9 Å². The van der Waals surface area contributed by atoms with Crippen LogP contribution in [0, 0.1) is 0 Å². The molecule has 0 aliphatic heterocycles. The minimum atomic E-state index is 0.623. The molecule has 1 unspecified atom stereocenters. The third-order valence-electron chi connectivity index (χ3n) is 3.22. The molecule has 1 aromatic carbocycles. The highest BCUT2D eigenvalue weighted by Gasteiger charge is 2.05. The summed E-state index contributed by atoms with van der Waals surface area (Å²) >= 11 is 7.33. The van der Waals surface area contributed by atoms with Gasteiger partial charge in [0.05, 0.1) is 0 Å². The number of rotatable bonds is 9. The van der Waals surface area contributed by atoms with E-state index in [1.807, 2.05) is 0 Å². The zero-order valence-corrected chi connectivity index (χ0v) is 14.5. The van der Waals surface area contributed by atoms with Gasteiger partial charge in [-0.1, -0.05) is 89.4 Å². The van der Waals surface area contributed by atoms with Gasteiger partial charge < -0.3 is 0 Å². The Morgan fingerprint density at radius 1 is 1.06 bits per heavy atom. The number of hydrogen-bond donors (Lipinski definition) is 0. The topological polar surface area (TPSA) is 0 Å². The minimum Gasteiger partial charge on any atom is -0.0887 e. The molecule has 18 heavy (non-hydrogen) atoms. The first kappa shape index (κ1) is 16.2. The lowest BCUT2D eigenvalue weighted by Gasteiger charge is -2.10. The fourth-order valence-electron chi connectivity index (χ4n) is 2.17. The molecule has 0 saturated carbocycles. The Bertz CT molecular complexity index is 323. The van der Waals surface area contributed by atoms with Crippen molar-refractivity contribution in [2.45, 2.75) is 63.1 Å². The molecule has 0 fully saturated rings. The average Bonchev–Trinajstić information content (AvgIpc) is 2.33. The normalized spacial score (nSPS) is 12.6. The molecule has 1 aromatic rings. The highest BCUT2D eigenvalue weighted by molar-refractivity contribution is 9.10. The van der Waals surface area contributed by atoms with Gasteiger partial charge in [-0.15, -0.1) is 0 Å². The highest BCUT2D eigenvalue weighted by atomic mass is 79.9. The second kappa shape index (κ2) is 10.0. The van der Waals surface area contributed by atoms with E-state index in [9.17, 15) is 0 Å². The second-order valence-corrected chi connectivity index (χ2v) is 7.20. The van der Waals surface area contributed by atoms with Crippen LogP contribution in [0.5, 0.6) is 0 Å². The third kappa shape index (κ3) is 7.58. The second-order valence-electron chi connectivity index (χ2n) is 4.99. The molecule has 2 heteroatoms. The summed E-state index contributed by atoms with van der Waals surface area (Å²) in [4.78, 5) is 0.623. The molecule has 0 spiro atoms. The molecule has 0 N–H and O–H groups in total. The molecule has 1 rings (SSSR count). The first-order valence-corrected chi connectivity index (χ1v) is 8.81.